The van der Waals surface area contributed by atoms with E-state index >= 15 is 0 Å². The minimum absolute atomic E-state index is 0.0229. The van der Waals surface area contributed by atoms with Crippen molar-refractivity contribution in [1.82, 2.24) is 0 Å². The number of aliphatic hydroxyl groups excluding tert-OH is 1. The van der Waals surface area contributed by atoms with Crippen molar-refractivity contribution in [2.24, 2.45) is 5.90 Å². The van der Waals surface area contributed by atoms with Crippen LogP contribution in [0.25, 0.3) is 0 Å². The van der Waals surface area contributed by atoms with E-state index < -0.39 is 0 Å². The van der Waals surface area contributed by atoms with Crippen LogP contribution in [0.3, 0.4) is 0 Å². The summed E-state index contributed by atoms with van der Waals surface area (Å²) in [5, 5.41) is 8.70. The van der Waals surface area contributed by atoms with Crippen molar-refractivity contribution in [1.29, 1.82) is 0 Å². The molecule has 0 fully saturated rings. The monoisotopic (exact) mass is 207 g/mol. The van der Waals surface area contributed by atoms with Gasteiger partial charge in [-0.15, -0.1) is 0 Å². The SMILES string of the molecule is CC(COC(C)COC(C)CO)ON. The van der Waals surface area contributed by atoms with Crippen LogP contribution >= 0.6 is 0 Å². The van der Waals surface area contributed by atoms with E-state index in [1.165, 1.54) is 0 Å². The first-order valence-electron chi connectivity index (χ1n) is 4.79. The van der Waals surface area contributed by atoms with E-state index in [2.05, 4.69) is 4.84 Å². The summed E-state index contributed by atoms with van der Waals surface area (Å²) in [5.74, 6) is 4.96. The summed E-state index contributed by atoms with van der Waals surface area (Å²) >= 11 is 0. The van der Waals surface area contributed by atoms with Crippen molar-refractivity contribution in [3.8, 4) is 0 Å². The van der Waals surface area contributed by atoms with Gasteiger partial charge in [-0.05, 0) is 20.8 Å². The highest BCUT2D eigenvalue weighted by molar-refractivity contribution is 4.53. The zero-order valence-electron chi connectivity index (χ0n) is 9.10. The Hall–Kier alpha value is -0.200. The van der Waals surface area contributed by atoms with Gasteiger partial charge in [-0.25, -0.2) is 5.90 Å². The molecule has 3 unspecified atom stereocenters. The average Bonchev–Trinajstić information content (AvgIpc) is 2.22. The lowest BCUT2D eigenvalue weighted by Crippen LogP contribution is -2.27. The average molecular weight is 207 g/mol. The number of ether oxygens (including phenoxy) is 2. The maximum Gasteiger partial charge on any atom is 0.0992 e. The van der Waals surface area contributed by atoms with Gasteiger partial charge in [-0.3, -0.25) is 4.84 Å². The molecule has 3 atom stereocenters. The third-order valence-corrected chi connectivity index (χ3v) is 1.72. The molecule has 14 heavy (non-hydrogen) atoms. The first kappa shape index (κ1) is 13.8. The molecule has 0 rings (SSSR count). The standard InChI is InChI=1S/C9H21NO4/c1-7(4-11)12-5-8(2)13-6-9(3)14-10/h7-9,11H,4-6,10H2,1-3H3. The number of hydrogen-bond acceptors (Lipinski definition) is 5. The van der Waals surface area contributed by atoms with Gasteiger partial charge in [0.2, 0.25) is 0 Å². The minimum atomic E-state index is -0.149. The van der Waals surface area contributed by atoms with E-state index in [-0.39, 0.29) is 24.9 Å². The molecule has 0 aliphatic rings. The highest BCUT2D eigenvalue weighted by Crippen LogP contribution is 1.98. The summed E-state index contributed by atoms with van der Waals surface area (Å²) in [7, 11) is 0. The zero-order valence-corrected chi connectivity index (χ0v) is 9.10. The Bertz CT molecular complexity index is 120. The summed E-state index contributed by atoms with van der Waals surface area (Å²) in [4.78, 5) is 4.54. The van der Waals surface area contributed by atoms with Crippen LogP contribution in [0.15, 0.2) is 0 Å². The van der Waals surface area contributed by atoms with Gasteiger partial charge in [0, 0.05) is 0 Å². The smallest absolute Gasteiger partial charge is 0.0992 e. The van der Waals surface area contributed by atoms with Crippen molar-refractivity contribution in [2.45, 2.75) is 39.1 Å². The van der Waals surface area contributed by atoms with E-state index in [0.29, 0.717) is 13.2 Å². The third kappa shape index (κ3) is 7.23. The third-order valence-electron chi connectivity index (χ3n) is 1.72. The molecule has 0 aromatic carbocycles. The highest BCUT2D eigenvalue weighted by atomic mass is 16.6. The molecule has 0 saturated heterocycles. The first-order valence-corrected chi connectivity index (χ1v) is 4.79. The Morgan fingerprint density at radius 1 is 1.00 bits per heavy atom. The van der Waals surface area contributed by atoms with Gasteiger partial charge in [-0.2, -0.15) is 0 Å². The van der Waals surface area contributed by atoms with Gasteiger partial charge in [0.05, 0.1) is 38.1 Å². The molecule has 0 spiro atoms. The van der Waals surface area contributed by atoms with E-state index in [0.717, 1.165) is 0 Å². The fraction of sp³-hybridized carbons (Fsp3) is 1.00. The second kappa shape index (κ2) is 8.14. The Labute approximate surface area is 85.1 Å². The molecule has 0 bridgehead atoms. The summed E-state index contributed by atoms with van der Waals surface area (Å²) < 4.78 is 10.6. The molecule has 0 heterocycles. The molecule has 3 N–H and O–H groups in total. The van der Waals surface area contributed by atoms with Crippen LogP contribution in [0.5, 0.6) is 0 Å². The number of rotatable bonds is 8. The fourth-order valence-electron chi connectivity index (χ4n) is 0.740. The lowest BCUT2D eigenvalue weighted by Gasteiger charge is -2.17. The van der Waals surface area contributed by atoms with Gasteiger partial charge >= 0.3 is 0 Å². The first-order chi connectivity index (χ1) is 6.60. The van der Waals surface area contributed by atoms with Crippen LogP contribution in [0, 0.1) is 0 Å². The van der Waals surface area contributed by atoms with Crippen LogP contribution in [-0.2, 0) is 14.3 Å². The second-order valence-electron chi connectivity index (χ2n) is 3.42. The molecular formula is C9H21NO4. The molecule has 5 nitrogen and oxygen atoms in total. The van der Waals surface area contributed by atoms with E-state index in [4.69, 9.17) is 20.5 Å². The molecule has 0 aliphatic carbocycles. The highest BCUT2D eigenvalue weighted by Gasteiger charge is 2.08. The number of aliphatic hydroxyl groups is 1. The van der Waals surface area contributed by atoms with Crippen LogP contribution in [0.2, 0.25) is 0 Å². The number of hydrogen-bond donors (Lipinski definition) is 2. The van der Waals surface area contributed by atoms with Crippen molar-refractivity contribution in [3.63, 3.8) is 0 Å². The van der Waals surface area contributed by atoms with Gasteiger partial charge in [-0.1, -0.05) is 0 Å². The molecule has 0 aromatic rings. The van der Waals surface area contributed by atoms with E-state index in [1.54, 1.807) is 6.92 Å². The molecule has 0 radical (unpaired) electrons. The molecule has 86 valence electrons. The Morgan fingerprint density at radius 3 is 2.00 bits per heavy atom. The second-order valence-corrected chi connectivity index (χ2v) is 3.42. The van der Waals surface area contributed by atoms with Crippen molar-refractivity contribution in [3.05, 3.63) is 0 Å². The van der Waals surface area contributed by atoms with Crippen LogP contribution in [-0.4, -0.2) is 43.2 Å². The van der Waals surface area contributed by atoms with E-state index in [9.17, 15) is 0 Å². The molecular weight excluding hydrogens is 186 g/mol. The minimum Gasteiger partial charge on any atom is -0.394 e. The summed E-state index contributed by atoms with van der Waals surface area (Å²) in [6.45, 7) is 6.44. The van der Waals surface area contributed by atoms with Gasteiger partial charge < -0.3 is 14.6 Å². The largest absolute Gasteiger partial charge is 0.394 e. The van der Waals surface area contributed by atoms with Gasteiger partial charge in [0.15, 0.2) is 0 Å². The predicted octanol–water partition coefficient (Wildman–Crippen LogP) is 0.0677. The van der Waals surface area contributed by atoms with Gasteiger partial charge in [0.1, 0.15) is 0 Å². The summed E-state index contributed by atoms with van der Waals surface area (Å²) in [5.41, 5.74) is 0. The Balaban J connectivity index is 3.40. The van der Waals surface area contributed by atoms with Crippen molar-refractivity contribution in [2.75, 3.05) is 19.8 Å². The van der Waals surface area contributed by atoms with Gasteiger partial charge in [0.25, 0.3) is 0 Å². The maximum absolute atomic E-state index is 8.70. The van der Waals surface area contributed by atoms with Crippen LogP contribution < -0.4 is 5.90 Å². The molecule has 0 saturated carbocycles. The topological polar surface area (TPSA) is 73.9 Å². The normalized spacial score (nSPS) is 17.8. The number of nitrogens with two attached hydrogens (primary N) is 1. The Kier molecular flexibility index (Phi) is 8.02. The fourth-order valence-corrected chi connectivity index (χ4v) is 0.740. The summed E-state index contributed by atoms with van der Waals surface area (Å²) in [6, 6.07) is 0. The van der Waals surface area contributed by atoms with E-state index in [1.807, 2.05) is 13.8 Å². The zero-order chi connectivity index (χ0) is 11.0. The quantitative estimate of drug-likeness (QED) is 0.551. The van der Waals surface area contributed by atoms with Crippen LogP contribution in [0.1, 0.15) is 20.8 Å². The molecule has 0 aromatic heterocycles. The Morgan fingerprint density at radius 2 is 1.50 bits per heavy atom. The molecule has 5 heteroatoms. The molecule has 0 amide bonds. The lowest BCUT2D eigenvalue weighted by atomic mass is 10.4. The summed E-state index contributed by atoms with van der Waals surface area (Å²) in [6.07, 6.45) is -0.293. The van der Waals surface area contributed by atoms with Crippen molar-refractivity contribution >= 4 is 0 Å². The molecule has 0 aliphatic heterocycles. The lowest BCUT2D eigenvalue weighted by molar-refractivity contribution is -0.0749. The predicted molar refractivity (Wildman–Crippen MR) is 52.6 cm³/mol. The van der Waals surface area contributed by atoms with Crippen molar-refractivity contribution < 1.29 is 19.4 Å². The maximum atomic E-state index is 8.70. The van der Waals surface area contributed by atoms with Crippen LogP contribution in [0.4, 0.5) is 0 Å².